The molecule has 0 unspecified atom stereocenters. The molecule has 2 aliphatic heterocycles. The first-order valence-electron chi connectivity index (χ1n) is 20.1. The second kappa shape index (κ2) is 17.9. The van der Waals surface area contributed by atoms with E-state index in [4.69, 9.17) is 31.8 Å². The average Bonchev–Trinajstić information content (AvgIpc) is 3.74. The van der Waals surface area contributed by atoms with Crippen molar-refractivity contribution in [3.63, 3.8) is 0 Å². The fourth-order valence-corrected chi connectivity index (χ4v) is 7.65. The molecule has 0 spiro atoms. The molecule has 0 fully saturated rings. The molecule has 4 aromatic heterocycles. The lowest BCUT2D eigenvalue weighted by atomic mass is 10.0. The molecule has 4 aromatic carbocycles. The van der Waals surface area contributed by atoms with E-state index in [9.17, 15) is 0 Å². The van der Waals surface area contributed by atoms with Crippen LogP contribution >= 0.6 is 11.6 Å². The van der Waals surface area contributed by atoms with E-state index in [0.717, 1.165) is 83.5 Å². The SMILES string of the molecule is Cc1cccc(C)c1Nc1nn(C)c2nc(Cl)ncc12.Cc1cccc(C)c1Nc1nn(C)c2nc(Nc3ccc4c(c3)COCC4)ncc12.Nc1ccc2c(c1)COCC2. The molecule has 0 saturated carbocycles. The van der Waals surface area contributed by atoms with Gasteiger partial charge in [-0.05, 0) is 121 Å². The van der Waals surface area contributed by atoms with Crippen LogP contribution in [0.4, 0.5) is 40.3 Å². The van der Waals surface area contributed by atoms with Crippen LogP contribution in [0.3, 0.4) is 0 Å². The van der Waals surface area contributed by atoms with Crippen LogP contribution in [0, 0.1) is 27.7 Å². The van der Waals surface area contributed by atoms with Crippen molar-refractivity contribution in [2.45, 2.75) is 53.8 Å². The third-order valence-corrected chi connectivity index (χ3v) is 11.0. The molecular weight excluding hydrogens is 788 g/mol. The summed E-state index contributed by atoms with van der Waals surface area (Å²) in [5.41, 5.74) is 20.9. The summed E-state index contributed by atoms with van der Waals surface area (Å²) in [5, 5.41) is 21.2. The quantitative estimate of drug-likeness (QED) is 0.0927. The Kier molecular flexibility index (Phi) is 12.1. The minimum absolute atomic E-state index is 0.221. The number of anilines is 7. The van der Waals surface area contributed by atoms with Crippen LogP contribution in [-0.2, 0) is 49.6 Å². The zero-order chi connectivity index (χ0) is 42.6. The molecule has 8 aromatic rings. The van der Waals surface area contributed by atoms with Crippen molar-refractivity contribution in [1.82, 2.24) is 39.5 Å². The van der Waals surface area contributed by atoms with Gasteiger partial charge in [0.25, 0.3) is 0 Å². The van der Waals surface area contributed by atoms with Crippen molar-refractivity contribution < 1.29 is 9.47 Å². The number of ether oxygens (including phenoxy) is 2. The number of nitrogens with one attached hydrogen (secondary N) is 3. The third kappa shape index (κ3) is 9.26. The number of hydrogen-bond donors (Lipinski definition) is 4. The molecule has 61 heavy (non-hydrogen) atoms. The van der Waals surface area contributed by atoms with Crippen LogP contribution in [0.2, 0.25) is 5.28 Å². The van der Waals surface area contributed by atoms with Gasteiger partial charge in [-0.3, -0.25) is 0 Å². The van der Waals surface area contributed by atoms with Gasteiger partial charge in [0.15, 0.2) is 22.9 Å². The van der Waals surface area contributed by atoms with Gasteiger partial charge in [-0.15, -0.1) is 0 Å². The van der Waals surface area contributed by atoms with E-state index in [-0.39, 0.29) is 5.28 Å². The fraction of sp³-hybridized carbons (Fsp3) is 0.261. The second-order valence-corrected chi connectivity index (χ2v) is 15.6. The van der Waals surface area contributed by atoms with Gasteiger partial charge in [0.05, 0.1) is 37.2 Å². The predicted molar refractivity (Wildman–Crippen MR) is 243 cm³/mol. The number of nitrogens with zero attached hydrogens (tertiary/aromatic N) is 8. The molecule has 312 valence electrons. The largest absolute Gasteiger partial charge is 0.399 e. The van der Waals surface area contributed by atoms with E-state index in [0.29, 0.717) is 18.2 Å². The number of rotatable bonds is 6. The van der Waals surface area contributed by atoms with Crippen molar-refractivity contribution in [3.05, 3.63) is 135 Å². The van der Waals surface area contributed by atoms with Crippen molar-refractivity contribution >= 4 is 74.0 Å². The summed E-state index contributed by atoms with van der Waals surface area (Å²) < 4.78 is 14.3. The lowest BCUT2D eigenvalue weighted by Gasteiger charge is -2.17. The van der Waals surface area contributed by atoms with E-state index in [1.807, 2.05) is 38.5 Å². The minimum Gasteiger partial charge on any atom is -0.399 e. The van der Waals surface area contributed by atoms with E-state index >= 15 is 0 Å². The van der Waals surface area contributed by atoms with Crippen LogP contribution in [0.25, 0.3) is 22.1 Å². The smallest absolute Gasteiger partial charge is 0.229 e. The Morgan fingerprint density at radius 1 is 0.607 bits per heavy atom. The molecule has 15 heteroatoms. The predicted octanol–water partition coefficient (Wildman–Crippen LogP) is 9.26. The molecule has 5 N–H and O–H groups in total. The molecule has 0 atom stereocenters. The normalized spacial score (nSPS) is 13.0. The van der Waals surface area contributed by atoms with E-state index in [2.05, 4.69) is 123 Å². The highest BCUT2D eigenvalue weighted by Crippen LogP contribution is 2.31. The molecule has 0 radical (unpaired) electrons. The van der Waals surface area contributed by atoms with Crippen LogP contribution in [-0.4, -0.2) is 52.7 Å². The van der Waals surface area contributed by atoms with Gasteiger partial charge in [0.2, 0.25) is 11.2 Å². The summed E-state index contributed by atoms with van der Waals surface area (Å²) in [6.07, 6.45) is 5.49. The maximum absolute atomic E-state index is 5.83. The van der Waals surface area contributed by atoms with Gasteiger partial charge in [0.1, 0.15) is 0 Å². The molecule has 14 nitrogen and oxygen atoms in total. The van der Waals surface area contributed by atoms with Gasteiger partial charge in [0, 0.05) is 49.2 Å². The fourth-order valence-electron chi connectivity index (χ4n) is 7.52. The Balaban J connectivity index is 0.000000142. The van der Waals surface area contributed by atoms with Gasteiger partial charge in [-0.2, -0.15) is 20.2 Å². The summed E-state index contributed by atoms with van der Waals surface area (Å²) in [4.78, 5) is 17.5. The molecule has 10 rings (SSSR count). The third-order valence-electron chi connectivity index (χ3n) is 10.8. The van der Waals surface area contributed by atoms with Crippen molar-refractivity contribution in [2.75, 3.05) is 34.9 Å². The molecule has 2 aliphatic rings. The Morgan fingerprint density at radius 3 is 1.69 bits per heavy atom. The van der Waals surface area contributed by atoms with Gasteiger partial charge in [-0.1, -0.05) is 48.5 Å². The van der Waals surface area contributed by atoms with Crippen molar-refractivity contribution in [3.8, 4) is 0 Å². The second-order valence-electron chi connectivity index (χ2n) is 15.3. The summed E-state index contributed by atoms with van der Waals surface area (Å²) >= 11 is 5.83. The van der Waals surface area contributed by atoms with Gasteiger partial charge in [-0.25, -0.2) is 19.3 Å². The highest BCUT2D eigenvalue weighted by atomic mass is 35.5. The molecule has 0 bridgehead atoms. The first kappa shape index (κ1) is 41.1. The van der Waals surface area contributed by atoms with Crippen molar-refractivity contribution in [2.24, 2.45) is 14.1 Å². The first-order valence-corrected chi connectivity index (χ1v) is 20.5. The van der Waals surface area contributed by atoms with Crippen LogP contribution in [0.5, 0.6) is 0 Å². The lowest BCUT2D eigenvalue weighted by molar-refractivity contribution is 0.111. The summed E-state index contributed by atoms with van der Waals surface area (Å²) in [7, 11) is 3.73. The Labute approximate surface area is 359 Å². The molecular formula is C46H49ClN12O2. The maximum atomic E-state index is 5.83. The number of aryl methyl sites for hydroxylation is 6. The van der Waals surface area contributed by atoms with Crippen LogP contribution in [0.15, 0.2) is 85.2 Å². The lowest BCUT2D eigenvalue weighted by Crippen LogP contribution is -2.10. The number of nitrogen functional groups attached to an aromatic ring is 1. The summed E-state index contributed by atoms with van der Waals surface area (Å²) in [6.45, 7) is 11.3. The standard InChI is InChI=1S/C23H24N6O.C14H14ClN5.C9H11NO/c1-14-5-4-6-15(2)20(14)26-21-19-12-24-23(27-22(19)29(3)28-21)25-18-8-7-16-9-10-30-13-17(16)11-18;1-8-5-4-6-9(2)11(8)17-12-10-7-16-14(15)18-13(10)20(3)19-12;10-9-2-1-7-3-4-11-6-8(7)5-9/h4-8,11-12H,9-10,13H2,1-3H3,(H,26,28)(H,24,25,27);4-7H,1-3H3,(H,17,19);1-2,5H,3-4,6,10H2. The Bertz CT molecular complexity index is 2830. The summed E-state index contributed by atoms with van der Waals surface area (Å²) in [5.74, 6) is 2.03. The average molecular weight is 837 g/mol. The zero-order valence-corrected chi connectivity index (χ0v) is 35.9. The zero-order valence-electron chi connectivity index (χ0n) is 35.2. The highest BCUT2D eigenvalue weighted by Gasteiger charge is 2.16. The number of hydrogen-bond acceptors (Lipinski definition) is 12. The number of aromatic nitrogens is 8. The Hall–Kier alpha value is -6.61. The maximum Gasteiger partial charge on any atom is 0.229 e. The minimum atomic E-state index is 0.221. The van der Waals surface area contributed by atoms with E-state index in [1.165, 1.54) is 44.5 Å². The van der Waals surface area contributed by atoms with Crippen molar-refractivity contribution in [1.29, 1.82) is 0 Å². The number of benzene rings is 4. The van der Waals surface area contributed by atoms with Crippen LogP contribution in [0.1, 0.15) is 44.5 Å². The number of para-hydroxylation sites is 2. The summed E-state index contributed by atoms with van der Waals surface area (Å²) in [6, 6.07) is 24.7. The molecule has 0 aliphatic carbocycles. The monoisotopic (exact) mass is 836 g/mol. The molecule has 6 heterocycles. The van der Waals surface area contributed by atoms with Gasteiger partial charge >= 0.3 is 0 Å². The molecule has 0 saturated heterocycles. The number of nitrogens with two attached hydrogens (primary N) is 1. The molecule has 0 amide bonds. The van der Waals surface area contributed by atoms with Gasteiger partial charge < -0.3 is 31.2 Å². The number of halogens is 1. The van der Waals surface area contributed by atoms with Crippen LogP contribution < -0.4 is 21.7 Å². The highest BCUT2D eigenvalue weighted by molar-refractivity contribution is 6.28. The first-order chi connectivity index (χ1) is 29.5. The van der Waals surface area contributed by atoms with E-state index in [1.54, 1.807) is 15.6 Å². The topological polar surface area (TPSA) is 168 Å². The Morgan fingerprint density at radius 2 is 1.11 bits per heavy atom. The van der Waals surface area contributed by atoms with E-state index < -0.39 is 0 Å². The number of fused-ring (bicyclic) bond motifs is 4.